The van der Waals surface area contributed by atoms with Crippen molar-refractivity contribution in [2.45, 2.75) is 27.0 Å². The number of hydrogen-bond acceptors (Lipinski definition) is 4. The molecule has 4 nitrogen and oxygen atoms in total. The molecule has 26 heavy (non-hydrogen) atoms. The number of nitrogens with zero attached hydrogens (tertiary/aromatic N) is 1. The van der Waals surface area contributed by atoms with E-state index in [0.29, 0.717) is 31.2 Å². The minimum absolute atomic E-state index is 0.0115. The van der Waals surface area contributed by atoms with E-state index < -0.39 is 0 Å². The Morgan fingerprint density at radius 3 is 2.73 bits per heavy atom. The normalized spacial score (nSPS) is 11.2. The zero-order valence-corrected chi connectivity index (χ0v) is 16.3. The molecule has 0 aliphatic carbocycles. The van der Waals surface area contributed by atoms with Gasteiger partial charge in [-0.05, 0) is 43.0 Å². The number of hydrogen-bond donors (Lipinski definition) is 0. The average molecular weight is 372 g/mol. The smallest absolute Gasteiger partial charge is 0.246 e. The molecule has 0 aliphatic heterocycles. The standard InChI is InChI=1S/C21H25NO3S/c1-4-6-7-10-21(23)22(5-2)15-17-11-12-19(20(14-17)24-3)25-16-18-9-8-13-26-18/h4,6-14H,5,15-16H2,1-3H3/b6-4+,10-7+. The van der Waals surface area contributed by atoms with Gasteiger partial charge in [0.1, 0.15) is 6.61 Å². The Kier molecular flexibility index (Phi) is 7.96. The van der Waals surface area contributed by atoms with Gasteiger partial charge in [-0.2, -0.15) is 0 Å². The number of methoxy groups -OCH3 is 1. The SMILES string of the molecule is C/C=C/C=C/C(=O)N(CC)Cc1ccc(OCc2cccs2)c(OC)c1. The predicted octanol–water partition coefficient (Wildman–Crippen LogP) is 4.82. The highest BCUT2D eigenvalue weighted by Gasteiger charge is 2.12. The van der Waals surface area contributed by atoms with Crippen molar-refractivity contribution < 1.29 is 14.3 Å². The lowest BCUT2D eigenvalue weighted by Gasteiger charge is -2.20. The third-order valence-corrected chi connectivity index (χ3v) is 4.64. The summed E-state index contributed by atoms with van der Waals surface area (Å²) in [6.45, 7) is 5.57. The van der Waals surface area contributed by atoms with Gasteiger partial charge in [-0.15, -0.1) is 11.3 Å². The van der Waals surface area contributed by atoms with E-state index >= 15 is 0 Å². The monoisotopic (exact) mass is 371 g/mol. The Hall–Kier alpha value is -2.53. The maximum atomic E-state index is 12.3. The van der Waals surface area contributed by atoms with E-state index in [1.54, 1.807) is 35.5 Å². The molecule has 5 heteroatoms. The highest BCUT2D eigenvalue weighted by atomic mass is 32.1. The molecule has 0 unspecified atom stereocenters. The molecule has 1 amide bonds. The highest BCUT2D eigenvalue weighted by molar-refractivity contribution is 7.09. The molecule has 138 valence electrons. The zero-order chi connectivity index (χ0) is 18.8. The summed E-state index contributed by atoms with van der Waals surface area (Å²) >= 11 is 1.66. The Morgan fingerprint density at radius 1 is 1.23 bits per heavy atom. The number of benzene rings is 1. The quantitative estimate of drug-likeness (QED) is 0.469. The first-order valence-corrected chi connectivity index (χ1v) is 9.46. The number of rotatable bonds is 9. The molecule has 0 aliphatic rings. The molecular weight excluding hydrogens is 346 g/mol. The first-order valence-electron chi connectivity index (χ1n) is 8.58. The van der Waals surface area contributed by atoms with Gasteiger partial charge >= 0.3 is 0 Å². The number of likely N-dealkylation sites (N-methyl/N-ethyl adjacent to an activating group) is 1. The van der Waals surface area contributed by atoms with E-state index in [2.05, 4.69) is 0 Å². The second-order valence-corrected chi connectivity index (χ2v) is 6.62. The van der Waals surface area contributed by atoms with Crippen LogP contribution >= 0.6 is 11.3 Å². The van der Waals surface area contributed by atoms with Crippen molar-refractivity contribution in [3.05, 3.63) is 70.5 Å². The van der Waals surface area contributed by atoms with Crippen LogP contribution in [-0.2, 0) is 17.9 Å². The van der Waals surface area contributed by atoms with Crippen molar-refractivity contribution in [2.75, 3.05) is 13.7 Å². The maximum Gasteiger partial charge on any atom is 0.246 e. The first-order chi connectivity index (χ1) is 12.7. The van der Waals surface area contributed by atoms with Crippen LogP contribution in [0.4, 0.5) is 0 Å². The van der Waals surface area contributed by atoms with E-state index in [4.69, 9.17) is 9.47 Å². The number of thiophene rings is 1. The van der Waals surface area contributed by atoms with Gasteiger partial charge in [0, 0.05) is 24.0 Å². The fourth-order valence-corrected chi connectivity index (χ4v) is 3.01. The van der Waals surface area contributed by atoms with Crippen LogP contribution < -0.4 is 9.47 Å². The van der Waals surface area contributed by atoms with Crippen LogP contribution in [0.2, 0.25) is 0 Å². The summed E-state index contributed by atoms with van der Waals surface area (Å²) in [5, 5.41) is 2.03. The summed E-state index contributed by atoms with van der Waals surface area (Å²) in [6.07, 6.45) is 7.07. The van der Waals surface area contributed by atoms with Crippen LogP contribution in [0.5, 0.6) is 11.5 Å². The van der Waals surface area contributed by atoms with Crippen molar-refractivity contribution in [3.63, 3.8) is 0 Å². The summed E-state index contributed by atoms with van der Waals surface area (Å²) < 4.78 is 11.3. The molecule has 0 bridgehead atoms. The molecule has 2 aromatic rings. The highest BCUT2D eigenvalue weighted by Crippen LogP contribution is 2.29. The second-order valence-electron chi connectivity index (χ2n) is 5.59. The molecule has 1 aromatic carbocycles. The lowest BCUT2D eigenvalue weighted by molar-refractivity contribution is -0.126. The van der Waals surface area contributed by atoms with Gasteiger partial charge in [0.15, 0.2) is 11.5 Å². The van der Waals surface area contributed by atoms with E-state index in [0.717, 1.165) is 10.4 Å². The lowest BCUT2D eigenvalue weighted by Crippen LogP contribution is -2.28. The topological polar surface area (TPSA) is 38.8 Å². The largest absolute Gasteiger partial charge is 0.493 e. The molecule has 0 saturated heterocycles. The van der Waals surface area contributed by atoms with Crippen molar-refractivity contribution in [2.24, 2.45) is 0 Å². The number of allylic oxidation sites excluding steroid dienone is 3. The molecule has 0 spiro atoms. The number of carbonyl (C=O) groups excluding carboxylic acids is 1. The minimum Gasteiger partial charge on any atom is -0.493 e. The van der Waals surface area contributed by atoms with Gasteiger partial charge in [0.2, 0.25) is 5.91 Å². The van der Waals surface area contributed by atoms with Crippen LogP contribution in [0, 0.1) is 0 Å². The van der Waals surface area contributed by atoms with Gasteiger partial charge in [0.25, 0.3) is 0 Å². The number of ether oxygens (including phenoxy) is 2. The molecular formula is C21H25NO3S. The van der Waals surface area contributed by atoms with Crippen LogP contribution in [-0.4, -0.2) is 24.5 Å². The Balaban J connectivity index is 2.05. The van der Waals surface area contributed by atoms with Gasteiger partial charge in [-0.25, -0.2) is 0 Å². The fraction of sp³-hybridized carbons (Fsp3) is 0.286. The van der Waals surface area contributed by atoms with Crippen molar-refractivity contribution in [3.8, 4) is 11.5 Å². The summed E-state index contributed by atoms with van der Waals surface area (Å²) in [4.78, 5) is 15.2. The Morgan fingerprint density at radius 2 is 2.08 bits per heavy atom. The lowest BCUT2D eigenvalue weighted by atomic mass is 10.2. The van der Waals surface area contributed by atoms with Crippen molar-refractivity contribution in [1.29, 1.82) is 0 Å². The average Bonchev–Trinajstić information content (AvgIpc) is 3.18. The molecule has 1 heterocycles. The Bertz CT molecular complexity index is 751. The third-order valence-electron chi connectivity index (χ3n) is 3.79. The van der Waals surface area contributed by atoms with Crippen LogP contribution in [0.25, 0.3) is 0 Å². The number of carbonyl (C=O) groups is 1. The van der Waals surface area contributed by atoms with E-state index in [1.807, 2.05) is 61.7 Å². The molecule has 0 fully saturated rings. The Labute approximate surface area is 159 Å². The van der Waals surface area contributed by atoms with Crippen molar-refractivity contribution in [1.82, 2.24) is 4.90 Å². The summed E-state index contributed by atoms with van der Waals surface area (Å²) in [5.41, 5.74) is 1.000. The summed E-state index contributed by atoms with van der Waals surface area (Å²) in [5.74, 6) is 1.36. The molecule has 0 N–H and O–H groups in total. The molecule has 2 rings (SSSR count). The fourth-order valence-electron chi connectivity index (χ4n) is 2.39. The first kappa shape index (κ1) is 19.8. The van der Waals surface area contributed by atoms with E-state index in [-0.39, 0.29) is 5.91 Å². The zero-order valence-electron chi connectivity index (χ0n) is 15.5. The van der Waals surface area contributed by atoms with Crippen LogP contribution in [0.1, 0.15) is 24.3 Å². The molecule has 0 atom stereocenters. The summed E-state index contributed by atoms with van der Waals surface area (Å²) in [7, 11) is 1.62. The molecule has 0 radical (unpaired) electrons. The maximum absolute atomic E-state index is 12.3. The third kappa shape index (κ3) is 5.77. The molecule has 0 saturated carbocycles. The second kappa shape index (κ2) is 10.5. The van der Waals surface area contributed by atoms with Gasteiger partial charge in [-0.1, -0.05) is 30.4 Å². The summed E-state index contributed by atoms with van der Waals surface area (Å²) in [6, 6.07) is 9.84. The van der Waals surface area contributed by atoms with Crippen LogP contribution in [0.15, 0.2) is 60.0 Å². The number of amides is 1. The van der Waals surface area contributed by atoms with Gasteiger partial charge < -0.3 is 14.4 Å². The van der Waals surface area contributed by atoms with Gasteiger partial charge in [0.05, 0.1) is 7.11 Å². The van der Waals surface area contributed by atoms with Crippen LogP contribution in [0.3, 0.4) is 0 Å². The van der Waals surface area contributed by atoms with Crippen molar-refractivity contribution >= 4 is 17.2 Å². The van der Waals surface area contributed by atoms with E-state index in [1.165, 1.54) is 0 Å². The minimum atomic E-state index is -0.0115. The van der Waals surface area contributed by atoms with Gasteiger partial charge in [-0.3, -0.25) is 4.79 Å². The molecule has 1 aromatic heterocycles. The van der Waals surface area contributed by atoms with E-state index in [9.17, 15) is 4.79 Å². The predicted molar refractivity (Wildman–Crippen MR) is 107 cm³/mol.